The first-order chi connectivity index (χ1) is 10.5. The molecule has 0 aliphatic carbocycles. The van der Waals surface area contributed by atoms with Gasteiger partial charge in [0.1, 0.15) is 6.04 Å². The summed E-state index contributed by atoms with van der Waals surface area (Å²) in [6, 6.07) is 12.5. The van der Waals surface area contributed by atoms with Crippen LogP contribution in [0.2, 0.25) is 0 Å². The minimum Gasteiger partial charge on any atom is -0.480 e. The van der Waals surface area contributed by atoms with E-state index in [9.17, 15) is 14.7 Å². The molecule has 0 fully saturated rings. The van der Waals surface area contributed by atoms with Gasteiger partial charge >= 0.3 is 5.97 Å². The number of aryl methyl sites for hydroxylation is 1. The summed E-state index contributed by atoms with van der Waals surface area (Å²) in [5.41, 5.74) is 0.923. The molecule has 0 saturated carbocycles. The molecule has 0 saturated heterocycles. The van der Waals surface area contributed by atoms with Crippen molar-refractivity contribution in [3.63, 3.8) is 0 Å². The van der Waals surface area contributed by atoms with Crippen molar-refractivity contribution >= 4 is 23.2 Å². The predicted molar refractivity (Wildman–Crippen MR) is 86.8 cm³/mol. The number of amides is 1. The van der Waals surface area contributed by atoms with Crippen molar-refractivity contribution in [2.24, 2.45) is 0 Å². The minimum absolute atomic E-state index is 0.166. The fourth-order valence-corrected chi connectivity index (χ4v) is 3.07. The highest BCUT2D eigenvalue weighted by atomic mass is 32.1. The SMILES string of the molecule is Cc1ccc(CC(=O)N(Cc2ccccc2)C(C)C(=O)O)s1. The van der Waals surface area contributed by atoms with E-state index in [0.29, 0.717) is 6.54 Å². The third-order valence-corrected chi connectivity index (χ3v) is 4.46. The van der Waals surface area contributed by atoms with E-state index in [2.05, 4.69) is 0 Å². The van der Waals surface area contributed by atoms with Gasteiger partial charge in [0, 0.05) is 16.3 Å². The third kappa shape index (κ3) is 4.18. The molecule has 1 amide bonds. The summed E-state index contributed by atoms with van der Waals surface area (Å²) < 4.78 is 0. The lowest BCUT2D eigenvalue weighted by molar-refractivity contribution is -0.149. The lowest BCUT2D eigenvalue weighted by Gasteiger charge is -2.26. The van der Waals surface area contributed by atoms with Gasteiger partial charge in [0.05, 0.1) is 6.42 Å². The van der Waals surface area contributed by atoms with Crippen LogP contribution in [0.25, 0.3) is 0 Å². The minimum atomic E-state index is -0.994. The Morgan fingerprint density at radius 1 is 1.18 bits per heavy atom. The van der Waals surface area contributed by atoms with Gasteiger partial charge < -0.3 is 10.0 Å². The molecule has 1 heterocycles. The maximum atomic E-state index is 12.5. The Bertz CT molecular complexity index is 651. The zero-order valence-corrected chi connectivity index (χ0v) is 13.5. The molecule has 0 spiro atoms. The maximum absolute atomic E-state index is 12.5. The number of hydrogen-bond donors (Lipinski definition) is 1. The number of carboxylic acid groups (broad SMARTS) is 1. The van der Waals surface area contributed by atoms with Gasteiger partial charge in [-0.2, -0.15) is 0 Å². The van der Waals surface area contributed by atoms with E-state index < -0.39 is 12.0 Å². The number of benzene rings is 1. The first-order valence-electron chi connectivity index (χ1n) is 7.09. The van der Waals surface area contributed by atoms with E-state index in [-0.39, 0.29) is 12.3 Å². The number of carbonyl (C=O) groups excluding carboxylic acids is 1. The Kier molecular flexibility index (Phi) is 5.33. The number of rotatable bonds is 6. The molecule has 2 rings (SSSR count). The molecule has 1 atom stereocenters. The van der Waals surface area contributed by atoms with E-state index >= 15 is 0 Å². The van der Waals surface area contributed by atoms with Crippen LogP contribution in [-0.2, 0) is 22.6 Å². The van der Waals surface area contributed by atoms with Crippen LogP contribution in [0.5, 0.6) is 0 Å². The number of carboxylic acids is 1. The Morgan fingerprint density at radius 3 is 2.41 bits per heavy atom. The van der Waals surface area contributed by atoms with Crippen LogP contribution in [0.4, 0.5) is 0 Å². The van der Waals surface area contributed by atoms with E-state index in [1.54, 1.807) is 18.3 Å². The van der Waals surface area contributed by atoms with Gasteiger partial charge in [-0.25, -0.2) is 4.79 Å². The second kappa shape index (κ2) is 7.22. The van der Waals surface area contributed by atoms with Crippen LogP contribution in [0.15, 0.2) is 42.5 Å². The van der Waals surface area contributed by atoms with Gasteiger partial charge in [-0.3, -0.25) is 4.79 Å². The largest absolute Gasteiger partial charge is 0.480 e. The van der Waals surface area contributed by atoms with Crippen molar-refractivity contribution in [1.82, 2.24) is 4.90 Å². The Balaban J connectivity index is 2.16. The molecule has 1 N–H and O–H groups in total. The summed E-state index contributed by atoms with van der Waals surface area (Å²) in [5.74, 6) is -1.16. The molecule has 0 aliphatic heterocycles. The second-order valence-corrected chi connectivity index (χ2v) is 6.58. The molecule has 0 aliphatic rings. The molecule has 0 bridgehead atoms. The predicted octanol–water partition coefficient (Wildman–Crippen LogP) is 3.10. The smallest absolute Gasteiger partial charge is 0.326 e. The van der Waals surface area contributed by atoms with E-state index in [4.69, 9.17) is 0 Å². The maximum Gasteiger partial charge on any atom is 0.326 e. The number of nitrogens with zero attached hydrogens (tertiary/aromatic N) is 1. The van der Waals surface area contributed by atoms with Gasteiger partial charge in [-0.1, -0.05) is 30.3 Å². The molecule has 1 aromatic carbocycles. The normalized spacial score (nSPS) is 11.9. The van der Waals surface area contributed by atoms with Crippen molar-refractivity contribution in [3.8, 4) is 0 Å². The van der Waals surface area contributed by atoms with Gasteiger partial charge in [0.2, 0.25) is 5.91 Å². The summed E-state index contributed by atoms with van der Waals surface area (Å²) in [6.07, 6.45) is 0.239. The van der Waals surface area contributed by atoms with Crippen LogP contribution in [0.3, 0.4) is 0 Å². The lowest BCUT2D eigenvalue weighted by atomic mass is 10.1. The molecule has 5 heteroatoms. The second-order valence-electron chi connectivity index (χ2n) is 5.21. The lowest BCUT2D eigenvalue weighted by Crippen LogP contribution is -2.43. The molecule has 0 radical (unpaired) electrons. The Labute approximate surface area is 134 Å². The standard InChI is InChI=1S/C17H19NO3S/c1-12-8-9-15(22-12)10-16(19)18(13(2)17(20)21)11-14-6-4-3-5-7-14/h3-9,13H,10-11H2,1-2H3,(H,20,21). The van der Waals surface area contributed by atoms with Crippen LogP contribution < -0.4 is 0 Å². The molecule has 116 valence electrons. The van der Waals surface area contributed by atoms with Crippen molar-refractivity contribution < 1.29 is 14.7 Å². The highest BCUT2D eigenvalue weighted by molar-refractivity contribution is 7.12. The molecule has 1 unspecified atom stereocenters. The highest BCUT2D eigenvalue weighted by Gasteiger charge is 2.25. The zero-order valence-electron chi connectivity index (χ0n) is 12.7. The number of hydrogen-bond acceptors (Lipinski definition) is 3. The van der Waals surface area contributed by atoms with Gasteiger partial charge in [-0.15, -0.1) is 11.3 Å². The zero-order chi connectivity index (χ0) is 16.1. The number of aliphatic carboxylic acids is 1. The highest BCUT2D eigenvalue weighted by Crippen LogP contribution is 2.18. The molecular formula is C17H19NO3S. The fourth-order valence-electron chi connectivity index (χ4n) is 2.19. The summed E-state index contributed by atoms with van der Waals surface area (Å²) in [6.45, 7) is 3.83. The molecule has 4 nitrogen and oxygen atoms in total. The van der Waals surface area contributed by atoms with Gasteiger partial charge in [0.25, 0.3) is 0 Å². The van der Waals surface area contributed by atoms with E-state index in [0.717, 1.165) is 15.3 Å². The van der Waals surface area contributed by atoms with Crippen molar-refractivity contribution in [1.29, 1.82) is 0 Å². The average molecular weight is 317 g/mol. The summed E-state index contributed by atoms with van der Waals surface area (Å²) in [4.78, 5) is 27.4. The molecule has 2 aromatic rings. The van der Waals surface area contributed by atoms with Gasteiger partial charge in [0.15, 0.2) is 0 Å². The summed E-state index contributed by atoms with van der Waals surface area (Å²) >= 11 is 1.56. The van der Waals surface area contributed by atoms with Crippen LogP contribution in [0, 0.1) is 6.92 Å². The molecular weight excluding hydrogens is 298 g/mol. The van der Waals surface area contributed by atoms with Crippen molar-refractivity contribution in [2.75, 3.05) is 0 Å². The first-order valence-corrected chi connectivity index (χ1v) is 7.90. The number of carbonyl (C=O) groups is 2. The Hall–Kier alpha value is -2.14. The van der Waals surface area contributed by atoms with E-state index in [1.807, 2.05) is 49.4 Å². The summed E-state index contributed by atoms with van der Waals surface area (Å²) in [5, 5.41) is 9.26. The van der Waals surface area contributed by atoms with Gasteiger partial charge in [-0.05, 0) is 31.5 Å². The van der Waals surface area contributed by atoms with Crippen LogP contribution in [0.1, 0.15) is 22.2 Å². The molecule has 1 aromatic heterocycles. The summed E-state index contributed by atoms with van der Waals surface area (Å²) in [7, 11) is 0. The topological polar surface area (TPSA) is 57.6 Å². The van der Waals surface area contributed by atoms with Crippen LogP contribution in [-0.4, -0.2) is 27.9 Å². The van der Waals surface area contributed by atoms with Crippen LogP contribution >= 0.6 is 11.3 Å². The number of thiophene rings is 1. The van der Waals surface area contributed by atoms with Crippen molar-refractivity contribution in [3.05, 3.63) is 57.8 Å². The quantitative estimate of drug-likeness (QED) is 0.890. The average Bonchev–Trinajstić information content (AvgIpc) is 2.90. The Morgan fingerprint density at radius 2 is 1.86 bits per heavy atom. The molecule has 22 heavy (non-hydrogen) atoms. The van der Waals surface area contributed by atoms with E-state index in [1.165, 1.54) is 4.90 Å². The fraction of sp³-hybridized carbons (Fsp3) is 0.294. The monoisotopic (exact) mass is 317 g/mol. The third-order valence-electron chi connectivity index (χ3n) is 3.46. The first kappa shape index (κ1) is 16.2. The van der Waals surface area contributed by atoms with Crippen molar-refractivity contribution in [2.45, 2.75) is 32.9 Å².